The summed E-state index contributed by atoms with van der Waals surface area (Å²) >= 11 is 6.23. The van der Waals surface area contributed by atoms with E-state index in [0.717, 1.165) is 26.1 Å². The van der Waals surface area contributed by atoms with Crippen molar-refractivity contribution in [2.75, 3.05) is 13.1 Å². The lowest BCUT2D eigenvalue weighted by Crippen LogP contribution is -2.44. The van der Waals surface area contributed by atoms with Crippen LogP contribution in [0.3, 0.4) is 0 Å². The fourth-order valence-electron chi connectivity index (χ4n) is 4.87. The van der Waals surface area contributed by atoms with E-state index in [-0.39, 0.29) is 29.4 Å². The number of amides is 2. The Labute approximate surface area is 203 Å². The van der Waals surface area contributed by atoms with E-state index in [9.17, 15) is 14.0 Å². The third kappa shape index (κ3) is 4.56. The van der Waals surface area contributed by atoms with Crippen LogP contribution in [0.15, 0.2) is 72.8 Å². The molecule has 5 nitrogen and oxygen atoms in total. The molecule has 2 amide bonds. The van der Waals surface area contributed by atoms with Crippen LogP contribution in [0.5, 0.6) is 0 Å². The van der Waals surface area contributed by atoms with E-state index in [1.165, 1.54) is 22.6 Å². The Morgan fingerprint density at radius 1 is 1.03 bits per heavy atom. The zero-order valence-electron chi connectivity index (χ0n) is 18.6. The van der Waals surface area contributed by atoms with E-state index in [4.69, 9.17) is 11.6 Å². The van der Waals surface area contributed by atoms with Crippen molar-refractivity contribution in [2.24, 2.45) is 0 Å². The maximum absolute atomic E-state index is 13.5. The van der Waals surface area contributed by atoms with Crippen molar-refractivity contribution in [3.63, 3.8) is 0 Å². The second-order valence-corrected chi connectivity index (χ2v) is 9.28. The van der Waals surface area contributed by atoms with Crippen LogP contribution < -0.4 is 5.32 Å². The number of nitrogens with one attached hydrogen (secondary N) is 1. The molecule has 2 atom stereocenters. The number of fused-ring (bicyclic) bond motifs is 1. The van der Waals surface area contributed by atoms with Crippen LogP contribution in [0.2, 0.25) is 5.02 Å². The van der Waals surface area contributed by atoms with E-state index >= 15 is 0 Å². The van der Waals surface area contributed by atoms with Gasteiger partial charge in [0, 0.05) is 42.8 Å². The van der Waals surface area contributed by atoms with Crippen molar-refractivity contribution in [1.29, 1.82) is 0 Å². The number of rotatable bonds is 6. The van der Waals surface area contributed by atoms with Crippen LogP contribution in [0, 0.1) is 5.82 Å². The topological polar surface area (TPSA) is 52.7 Å². The van der Waals surface area contributed by atoms with E-state index < -0.39 is 11.9 Å². The van der Waals surface area contributed by atoms with Gasteiger partial charge in [0.05, 0.1) is 0 Å². The van der Waals surface area contributed by atoms with Crippen molar-refractivity contribution in [1.82, 2.24) is 15.1 Å². The molecule has 2 aliphatic rings. The first kappa shape index (κ1) is 22.6. The summed E-state index contributed by atoms with van der Waals surface area (Å²) in [6.07, 6.45) is 0.852. The van der Waals surface area contributed by atoms with Gasteiger partial charge in [-0.3, -0.25) is 14.5 Å². The summed E-state index contributed by atoms with van der Waals surface area (Å²) in [5, 5.41) is 3.40. The van der Waals surface area contributed by atoms with Gasteiger partial charge < -0.3 is 10.2 Å². The molecule has 1 fully saturated rings. The Balaban J connectivity index is 1.32. The minimum atomic E-state index is -0.756. The molecule has 34 heavy (non-hydrogen) atoms. The van der Waals surface area contributed by atoms with E-state index in [1.807, 2.05) is 30.3 Å². The van der Waals surface area contributed by atoms with Crippen LogP contribution >= 0.6 is 11.6 Å². The molecule has 174 valence electrons. The average molecular weight is 478 g/mol. The van der Waals surface area contributed by atoms with E-state index in [1.54, 1.807) is 18.2 Å². The van der Waals surface area contributed by atoms with Crippen molar-refractivity contribution in [3.8, 4) is 0 Å². The highest BCUT2D eigenvalue weighted by atomic mass is 35.5. The largest absolute Gasteiger partial charge is 0.350 e. The molecule has 3 aromatic rings. The van der Waals surface area contributed by atoms with Crippen molar-refractivity contribution in [2.45, 2.75) is 31.6 Å². The Kier molecular flexibility index (Phi) is 6.35. The van der Waals surface area contributed by atoms with Gasteiger partial charge in [-0.2, -0.15) is 0 Å². The van der Waals surface area contributed by atoms with E-state index in [0.29, 0.717) is 16.7 Å². The van der Waals surface area contributed by atoms with Gasteiger partial charge in [0.25, 0.3) is 5.91 Å². The Bertz CT molecular complexity index is 1220. The maximum atomic E-state index is 13.5. The lowest BCUT2D eigenvalue weighted by Gasteiger charge is -2.26. The fourth-order valence-corrected chi connectivity index (χ4v) is 5.09. The van der Waals surface area contributed by atoms with Crippen LogP contribution in [-0.2, 0) is 17.9 Å². The average Bonchev–Trinajstić information content (AvgIpc) is 3.38. The van der Waals surface area contributed by atoms with Gasteiger partial charge in [-0.15, -0.1) is 0 Å². The van der Waals surface area contributed by atoms with Gasteiger partial charge in [0.1, 0.15) is 11.9 Å². The number of hydrogen-bond donors (Lipinski definition) is 1. The van der Waals surface area contributed by atoms with E-state index in [2.05, 4.69) is 22.3 Å². The minimum Gasteiger partial charge on any atom is -0.350 e. The number of hydrogen-bond acceptors (Lipinski definition) is 3. The standard InChI is InChI=1S/C27H25ClFN3O2/c28-24-14-20(29)11-10-19(24)16-32-25(22-8-4-5-9-23(22)27(32)34)26(33)30-21-12-13-31(17-21)15-18-6-2-1-3-7-18/h1-11,14,21,25H,12-13,15-17H2,(H,30,33). The predicted octanol–water partition coefficient (Wildman–Crippen LogP) is 4.57. The van der Waals surface area contributed by atoms with Gasteiger partial charge in [-0.25, -0.2) is 4.39 Å². The molecule has 7 heteroatoms. The summed E-state index contributed by atoms with van der Waals surface area (Å²) < 4.78 is 13.5. The number of carbonyl (C=O) groups excluding carboxylic acids is 2. The zero-order valence-corrected chi connectivity index (χ0v) is 19.3. The molecule has 0 aromatic heterocycles. The van der Waals surface area contributed by atoms with Crippen LogP contribution in [-0.4, -0.2) is 40.7 Å². The molecular formula is C27H25ClFN3O2. The number of carbonyl (C=O) groups is 2. The highest BCUT2D eigenvalue weighted by Crippen LogP contribution is 2.36. The molecule has 1 N–H and O–H groups in total. The van der Waals surface area contributed by atoms with Crippen LogP contribution in [0.1, 0.15) is 39.5 Å². The monoisotopic (exact) mass is 477 g/mol. The summed E-state index contributed by atoms with van der Waals surface area (Å²) in [4.78, 5) is 30.6. The van der Waals surface area contributed by atoms with Gasteiger partial charge in [0.2, 0.25) is 5.91 Å². The molecule has 0 radical (unpaired) electrons. The van der Waals surface area contributed by atoms with Crippen molar-refractivity contribution >= 4 is 23.4 Å². The highest BCUT2D eigenvalue weighted by molar-refractivity contribution is 6.31. The summed E-state index contributed by atoms with van der Waals surface area (Å²) in [5.41, 5.74) is 3.03. The van der Waals surface area contributed by atoms with Crippen LogP contribution in [0.25, 0.3) is 0 Å². The highest BCUT2D eigenvalue weighted by Gasteiger charge is 2.42. The van der Waals surface area contributed by atoms with Gasteiger partial charge in [0.15, 0.2) is 0 Å². The summed E-state index contributed by atoms with van der Waals surface area (Å²) in [5.74, 6) is -0.878. The molecule has 2 heterocycles. The molecule has 0 aliphatic carbocycles. The number of nitrogens with zero attached hydrogens (tertiary/aromatic N) is 2. The molecular weight excluding hydrogens is 453 g/mol. The summed E-state index contributed by atoms with van der Waals surface area (Å²) in [6.45, 7) is 2.62. The quantitative estimate of drug-likeness (QED) is 0.566. The molecule has 1 saturated heterocycles. The summed E-state index contributed by atoms with van der Waals surface area (Å²) in [7, 11) is 0. The number of likely N-dealkylation sites (tertiary alicyclic amines) is 1. The first-order valence-electron chi connectivity index (χ1n) is 11.4. The normalized spacial score (nSPS) is 19.9. The molecule has 0 spiro atoms. The molecule has 3 aromatic carbocycles. The first-order chi connectivity index (χ1) is 16.5. The zero-order chi connectivity index (χ0) is 23.7. The first-order valence-corrected chi connectivity index (χ1v) is 11.8. The lowest BCUT2D eigenvalue weighted by atomic mass is 10.0. The van der Waals surface area contributed by atoms with Crippen molar-refractivity contribution in [3.05, 3.63) is 106 Å². The Morgan fingerprint density at radius 2 is 1.79 bits per heavy atom. The van der Waals surface area contributed by atoms with Crippen molar-refractivity contribution < 1.29 is 14.0 Å². The fraction of sp³-hybridized carbons (Fsp3) is 0.259. The van der Waals surface area contributed by atoms with Gasteiger partial charge in [-0.05, 0) is 41.3 Å². The van der Waals surface area contributed by atoms with Crippen LogP contribution in [0.4, 0.5) is 4.39 Å². The number of benzene rings is 3. The third-order valence-corrected chi connectivity index (χ3v) is 6.88. The summed E-state index contributed by atoms with van der Waals surface area (Å²) in [6, 6.07) is 20.8. The molecule has 0 bridgehead atoms. The Hall–Kier alpha value is -3.22. The number of halogens is 2. The predicted molar refractivity (Wildman–Crippen MR) is 129 cm³/mol. The molecule has 0 saturated carbocycles. The van der Waals surface area contributed by atoms with Gasteiger partial charge >= 0.3 is 0 Å². The van der Waals surface area contributed by atoms with Gasteiger partial charge in [-0.1, -0.05) is 66.2 Å². The Morgan fingerprint density at radius 3 is 2.59 bits per heavy atom. The molecule has 2 unspecified atom stereocenters. The second kappa shape index (κ2) is 9.57. The smallest absolute Gasteiger partial charge is 0.255 e. The SMILES string of the molecule is O=C(NC1CCN(Cc2ccccc2)C1)C1c2ccccc2C(=O)N1Cc1ccc(F)cc1Cl. The third-order valence-electron chi connectivity index (χ3n) is 6.53. The minimum absolute atomic E-state index is 0.00957. The lowest BCUT2D eigenvalue weighted by molar-refractivity contribution is -0.126. The maximum Gasteiger partial charge on any atom is 0.255 e. The molecule has 5 rings (SSSR count). The second-order valence-electron chi connectivity index (χ2n) is 8.87. The molecule has 2 aliphatic heterocycles.